The van der Waals surface area contributed by atoms with Gasteiger partial charge in [0.05, 0.1) is 19.3 Å². The summed E-state index contributed by atoms with van der Waals surface area (Å²) in [7, 11) is 1.62. The van der Waals surface area contributed by atoms with Gasteiger partial charge >= 0.3 is 5.97 Å². The van der Waals surface area contributed by atoms with E-state index in [4.69, 9.17) is 16.2 Å². The molecule has 0 radical (unpaired) electrons. The maximum atomic E-state index is 14.4. The lowest BCUT2D eigenvalue weighted by Gasteiger charge is -2.31. The Kier molecular flexibility index (Phi) is 33.5. The molecule has 10 amide bonds. The van der Waals surface area contributed by atoms with Crippen molar-refractivity contribution in [1.82, 2.24) is 58.5 Å². The number of amides is 10. The number of aliphatic hydroxyl groups excluding tert-OH is 2. The Hall–Kier alpha value is -6.81. The fourth-order valence-corrected chi connectivity index (χ4v) is 9.13. The van der Waals surface area contributed by atoms with Gasteiger partial charge in [0.15, 0.2) is 0 Å². The molecule has 16 atom stereocenters. The summed E-state index contributed by atoms with van der Waals surface area (Å²) >= 11 is 0. The van der Waals surface area contributed by atoms with Crippen molar-refractivity contribution in [3.63, 3.8) is 0 Å². The summed E-state index contributed by atoms with van der Waals surface area (Å²) < 4.78 is 5.70. The zero-order valence-electron chi connectivity index (χ0n) is 51.5. The van der Waals surface area contributed by atoms with E-state index < -0.39 is 174 Å². The molecule has 27 heteroatoms. The average Bonchev–Trinajstić information content (AvgIpc) is 3.79. The molecule has 480 valence electrons. The molecule has 1 aliphatic heterocycles. The number of esters is 1. The van der Waals surface area contributed by atoms with Crippen LogP contribution < -0.4 is 70.0 Å². The van der Waals surface area contributed by atoms with E-state index in [0.29, 0.717) is 51.4 Å². The highest BCUT2D eigenvalue weighted by Crippen LogP contribution is 2.17. The quantitative estimate of drug-likeness (QED) is 0.0254. The fourth-order valence-electron chi connectivity index (χ4n) is 9.13. The fraction of sp³-hybridized carbons (Fsp3) is 0.707. The monoisotopic (exact) mass is 1200 g/mol. The minimum Gasteiger partial charge on any atom is -0.458 e. The third kappa shape index (κ3) is 23.5. The topological polar surface area (TPSA) is 422 Å². The molecule has 1 aliphatic rings. The Labute approximate surface area is 500 Å². The number of unbranched alkanes of at least 4 members (excludes halogenated alkanes) is 1. The summed E-state index contributed by atoms with van der Waals surface area (Å²) in [6, 6.07) is -5.36. The van der Waals surface area contributed by atoms with Crippen LogP contribution in [-0.4, -0.2) is 181 Å². The lowest BCUT2D eigenvalue weighted by atomic mass is 9.94. The minimum atomic E-state index is -1.78. The maximum absolute atomic E-state index is 14.4. The van der Waals surface area contributed by atoms with Gasteiger partial charge in [-0.3, -0.25) is 47.9 Å². The van der Waals surface area contributed by atoms with Crippen LogP contribution in [0.4, 0.5) is 0 Å². The second-order valence-corrected chi connectivity index (χ2v) is 22.2. The molecule has 0 bridgehead atoms. The lowest BCUT2D eigenvalue weighted by Crippen LogP contribution is -2.63. The molecule has 27 nitrogen and oxygen atoms in total. The van der Waals surface area contributed by atoms with E-state index in [1.807, 2.05) is 37.3 Å². The van der Waals surface area contributed by atoms with Gasteiger partial charge < -0.3 is 84.9 Å². The molecular formula is C58H99N13O14. The van der Waals surface area contributed by atoms with Crippen molar-refractivity contribution in [2.45, 2.75) is 206 Å². The Balaban J connectivity index is 2.39. The summed E-state index contributed by atoms with van der Waals surface area (Å²) in [4.78, 5) is 153. The van der Waals surface area contributed by atoms with Crippen molar-refractivity contribution < 1.29 is 67.7 Å². The summed E-state index contributed by atoms with van der Waals surface area (Å²) in [5, 5.41) is 49.9. The highest BCUT2D eigenvalue weighted by Gasteiger charge is 2.41. The molecule has 1 fully saturated rings. The molecule has 0 spiro atoms. The Morgan fingerprint density at radius 1 is 0.565 bits per heavy atom. The van der Waals surface area contributed by atoms with Gasteiger partial charge in [0.25, 0.3) is 0 Å². The SMILES string of the molecule is CC[C@H](C)[C@H](NC(=O)[C@@H](Cc1ccccc1)NC)C(=O)N[C@@H](CO)C(=O)N[C@H](CCCCN)C(=O)N[C@@H](C(=O)N[C@H](C(=O)N[C@@H](CO)C(=O)N[C@H]1C(=O)N[C@@H](C)C(=O)N[C@@H](CCCN)C(=O)N[C@@H]([C@@H](C)CC)C(=O)O[C@H]1C)[C@@H](C)CC)[C@@H](C)CC. The molecule has 1 aromatic rings. The summed E-state index contributed by atoms with van der Waals surface area (Å²) in [5.41, 5.74) is 12.3. The first-order valence-electron chi connectivity index (χ1n) is 29.9. The molecule has 0 saturated carbocycles. The van der Waals surface area contributed by atoms with Crippen LogP contribution >= 0.6 is 0 Å². The van der Waals surface area contributed by atoms with Crippen LogP contribution in [0.1, 0.15) is 133 Å². The molecule has 0 aromatic heterocycles. The number of carbonyl (C=O) groups is 11. The van der Waals surface area contributed by atoms with Crippen LogP contribution in [0, 0.1) is 23.7 Å². The van der Waals surface area contributed by atoms with Crippen molar-refractivity contribution in [1.29, 1.82) is 0 Å². The molecular weight excluding hydrogens is 1100 g/mol. The number of cyclic esters (lactones) is 1. The molecule has 0 aliphatic carbocycles. The zero-order chi connectivity index (χ0) is 64.1. The Morgan fingerprint density at radius 2 is 1.04 bits per heavy atom. The molecule has 1 heterocycles. The van der Waals surface area contributed by atoms with Crippen molar-refractivity contribution in [2.24, 2.45) is 35.1 Å². The van der Waals surface area contributed by atoms with E-state index in [9.17, 15) is 63.0 Å². The second kappa shape index (κ2) is 38.3. The Morgan fingerprint density at radius 3 is 1.52 bits per heavy atom. The van der Waals surface area contributed by atoms with Gasteiger partial charge in [0.2, 0.25) is 59.1 Å². The maximum Gasteiger partial charge on any atom is 0.329 e. The van der Waals surface area contributed by atoms with E-state index in [1.54, 1.807) is 55.5 Å². The molecule has 2 rings (SSSR count). The largest absolute Gasteiger partial charge is 0.458 e. The summed E-state index contributed by atoms with van der Waals surface area (Å²) in [6.45, 7) is 15.0. The van der Waals surface area contributed by atoms with Crippen molar-refractivity contribution in [2.75, 3.05) is 33.4 Å². The minimum absolute atomic E-state index is 0.0154. The van der Waals surface area contributed by atoms with E-state index >= 15 is 0 Å². The highest BCUT2D eigenvalue weighted by molar-refractivity contribution is 5.99. The van der Waals surface area contributed by atoms with Gasteiger partial charge in [-0.25, -0.2) is 4.79 Å². The third-order valence-corrected chi connectivity index (χ3v) is 15.7. The smallest absolute Gasteiger partial charge is 0.329 e. The van der Waals surface area contributed by atoms with Crippen LogP contribution in [0.15, 0.2) is 30.3 Å². The van der Waals surface area contributed by atoms with Gasteiger partial charge in [-0.05, 0) is 102 Å². The number of nitrogens with two attached hydrogens (primary N) is 2. The first-order valence-corrected chi connectivity index (χ1v) is 29.9. The van der Waals surface area contributed by atoms with Gasteiger partial charge in [-0.15, -0.1) is 0 Å². The number of hydrogen-bond donors (Lipinski definition) is 15. The van der Waals surface area contributed by atoms with Gasteiger partial charge in [-0.1, -0.05) is 111 Å². The lowest BCUT2D eigenvalue weighted by molar-refractivity contribution is -0.157. The van der Waals surface area contributed by atoms with E-state index in [2.05, 4.69) is 58.5 Å². The van der Waals surface area contributed by atoms with Crippen LogP contribution in [-0.2, 0) is 63.9 Å². The second-order valence-electron chi connectivity index (χ2n) is 22.2. The number of carbonyl (C=O) groups excluding carboxylic acids is 11. The number of likely N-dealkylation sites (N-methyl/N-ethyl adjacent to an activating group) is 1. The average molecular weight is 1200 g/mol. The van der Waals surface area contributed by atoms with Crippen molar-refractivity contribution >= 4 is 65.0 Å². The number of rotatable bonds is 34. The molecule has 1 saturated heterocycles. The number of aliphatic hydroxyl groups is 2. The predicted octanol–water partition coefficient (Wildman–Crippen LogP) is -2.33. The summed E-state index contributed by atoms with van der Waals surface area (Å²) in [6.07, 6.45) is 1.60. The van der Waals surface area contributed by atoms with Crippen molar-refractivity contribution in [3.05, 3.63) is 35.9 Å². The van der Waals surface area contributed by atoms with Gasteiger partial charge in [0, 0.05) is 0 Å². The Bertz CT molecular complexity index is 2350. The third-order valence-electron chi connectivity index (χ3n) is 15.7. The number of benzene rings is 1. The van der Waals surface area contributed by atoms with Crippen LogP contribution in [0.3, 0.4) is 0 Å². The number of ether oxygens (including phenoxy) is 1. The van der Waals surface area contributed by atoms with E-state index in [1.165, 1.54) is 13.8 Å². The first-order chi connectivity index (χ1) is 40.3. The van der Waals surface area contributed by atoms with E-state index in [-0.39, 0.29) is 25.9 Å². The normalized spacial score (nSPS) is 21.5. The number of hydrogen-bond acceptors (Lipinski definition) is 17. The predicted molar refractivity (Wildman–Crippen MR) is 317 cm³/mol. The van der Waals surface area contributed by atoms with Crippen molar-refractivity contribution in [3.8, 4) is 0 Å². The van der Waals surface area contributed by atoms with Crippen LogP contribution in [0.5, 0.6) is 0 Å². The molecule has 85 heavy (non-hydrogen) atoms. The standard InChI is InChI=1S/C58H99N13O14/c1-12-31(5)43(68-51(77)40(61-11)28-37-22-17-16-18-23-37)54(80)65-41(29-72)52(78)64-38(24-19-20-26-59)49(75)67-45(33(7)14-3)56(82)69-44(32(6)13-2)55(81)66-42(30-73)53(79)71-47-36(10)85-58(84)46(34(8)15-4)70-50(76)39(25-21-27-60)63-48(74)35(9)62-57(47)83/h16-18,22-23,31-36,38-47,61,72-73H,12-15,19-21,24-30,59-60H2,1-11H3,(H,62,83)(H,63,74)(H,64,78)(H,65,80)(H,66,81)(H,67,75)(H,68,77)(H,69,82)(H,70,76)(H,71,79)/t31-,32-,33-,34-,35-,36-,38+,39-,40+,41-,42-,43-,44-,45+,46-,47+/m0/s1. The highest BCUT2D eigenvalue weighted by atomic mass is 16.5. The van der Waals surface area contributed by atoms with Gasteiger partial charge in [0.1, 0.15) is 66.5 Å². The molecule has 0 unspecified atom stereocenters. The molecule has 1 aromatic carbocycles. The van der Waals surface area contributed by atoms with E-state index in [0.717, 1.165) is 5.56 Å². The van der Waals surface area contributed by atoms with Gasteiger partial charge in [-0.2, -0.15) is 0 Å². The first kappa shape index (κ1) is 74.3. The summed E-state index contributed by atoms with van der Waals surface area (Å²) in [5.74, 6) is -11.4. The molecule has 17 N–H and O–H groups in total. The van der Waals surface area contributed by atoms with Crippen LogP contribution in [0.2, 0.25) is 0 Å². The zero-order valence-corrected chi connectivity index (χ0v) is 51.5. The van der Waals surface area contributed by atoms with Crippen LogP contribution in [0.25, 0.3) is 0 Å². The number of nitrogens with one attached hydrogen (secondary N) is 11.